The molecule has 2 heterocycles. The summed E-state index contributed by atoms with van der Waals surface area (Å²) in [6.45, 7) is 3.33. The number of nitrogens with one attached hydrogen (secondary N) is 2. The van der Waals surface area contributed by atoms with E-state index in [0.717, 1.165) is 22.2 Å². The molecule has 0 aliphatic carbocycles. The van der Waals surface area contributed by atoms with Gasteiger partial charge in [0.1, 0.15) is 11.5 Å². The fraction of sp³-hybridized carbons (Fsp3) is 0.286. The molecule has 1 amide bonds. The summed E-state index contributed by atoms with van der Waals surface area (Å²) in [6.07, 6.45) is 0.774. The van der Waals surface area contributed by atoms with Gasteiger partial charge in [0.15, 0.2) is 0 Å². The van der Waals surface area contributed by atoms with Gasteiger partial charge in [-0.3, -0.25) is 4.79 Å². The van der Waals surface area contributed by atoms with Gasteiger partial charge in [0, 0.05) is 18.0 Å². The maximum atomic E-state index is 12.0. The molecule has 0 bridgehead atoms. The number of amides is 1. The predicted octanol–water partition coefficient (Wildman–Crippen LogP) is 3.20. The third-order valence-electron chi connectivity index (χ3n) is 2.63. The molecule has 2 rings (SSSR count). The molecule has 2 aromatic heterocycles. The van der Waals surface area contributed by atoms with E-state index in [9.17, 15) is 4.79 Å². The van der Waals surface area contributed by atoms with Gasteiger partial charge in [-0.2, -0.15) is 0 Å². The van der Waals surface area contributed by atoms with Crippen LogP contribution in [0.5, 0.6) is 0 Å². The summed E-state index contributed by atoms with van der Waals surface area (Å²) in [7, 11) is 0. The summed E-state index contributed by atoms with van der Waals surface area (Å²) >= 11 is 7.39. The molecular formula is C14H16ClN3OS. The standard InChI is InChI=1S/C14H16ClN3OS/c1-2-16-13-5-3-4-11(18-13)14(19)17-9-8-10-6-7-12(15)20-10/h3-7H,2,8-9H2,1H3,(H,16,18)(H,17,19). The van der Waals surface area contributed by atoms with Crippen molar-refractivity contribution in [2.24, 2.45) is 0 Å². The third kappa shape index (κ3) is 4.21. The highest BCUT2D eigenvalue weighted by molar-refractivity contribution is 7.16. The van der Waals surface area contributed by atoms with E-state index in [2.05, 4.69) is 15.6 Å². The van der Waals surface area contributed by atoms with Gasteiger partial charge in [-0.1, -0.05) is 17.7 Å². The Morgan fingerprint density at radius 2 is 2.20 bits per heavy atom. The first-order valence-electron chi connectivity index (χ1n) is 6.42. The molecule has 0 aromatic carbocycles. The minimum absolute atomic E-state index is 0.160. The van der Waals surface area contributed by atoms with Crippen molar-refractivity contribution in [3.8, 4) is 0 Å². The van der Waals surface area contributed by atoms with Crippen LogP contribution >= 0.6 is 22.9 Å². The highest BCUT2D eigenvalue weighted by atomic mass is 35.5. The van der Waals surface area contributed by atoms with Crippen molar-refractivity contribution in [1.29, 1.82) is 0 Å². The molecule has 0 radical (unpaired) electrons. The van der Waals surface area contributed by atoms with Gasteiger partial charge in [0.05, 0.1) is 4.34 Å². The van der Waals surface area contributed by atoms with Gasteiger partial charge in [0.2, 0.25) is 0 Å². The van der Waals surface area contributed by atoms with Crippen LogP contribution < -0.4 is 10.6 Å². The molecule has 106 valence electrons. The smallest absolute Gasteiger partial charge is 0.269 e. The zero-order valence-electron chi connectivity index (χ0n) is 11.1. The second-order valence-electron chi connectivity index (χ2n) is 4.15. The summed E-state index contributed by atoms with van der Waals surface area (Å²) in [5, 5.41) is 5.94. The van der Waals surface area contributed by atoms with Gasteiger partial charge in [-0.25, -0.2) is 4.98 Å². The molecule has 0 fully saturated rings. The number of thiophene rings is 1. The molecule has 2 aromatic rings. The third-order valence-corrected chi connectivity index (χ3v) is 3.92. The highest BCUT2D eigenvalue weighted by Crippen LogP contribution is 2.21. The second-order valence-corrected chi connectivity index (χ2v) is 5.95. The fourth-order valence-electron chi connectivity index (χ4n) is 1.72. The predicted molar refractivity (Wildman–Crippen MR) is 83.8 cm³/mol. The molecule has 0 saturated carbocycles. The second kappa shape index (κ2) is 7.26. The average molecular weight is 310 g/mol. The number of aromatic nitrogens is 1. The molecule has 0 unspecified atom stereocenters. The molecule has 0 atom stereocenters. The first kappa shape index (κ1) is 14.8. The van der Waals surface area contributed by atoms with Crippen molar-refractivity contribution in [1.82, 2.24) is 10.3 Å². The Morgan fingerprint density at radius 3 is 2.90 bits per heavy atom. The van der Waals surface area contributed by atoms with E-state index in [1.807, 2.05) is 31.2 Å². The van der Waals surface area contributed by atoms with Crippen molar-refractivity contribution < 1.29 is 4.79 Å². The normalized spacial score (nSPS) is 10.3. The Morgan fingerprint density at radius 1 is 1.35 bits per heavy atom. The topological polar surface area (TPSA) is 54.0 Å². The number of rotatable bonds is 6. The number of hydrogen-bond acceptors (Lipinski definition) is 4. The molecule has 4 nitrogen and oxygen atoms in total. The van der Waals surface area contributed by atoms with Gasteiger partial charge < -0.3 is 10.6 Å². The number of halogens is 1. The number of hydrogen-bond donors (Lipinski definition) is 2. The van der Waals surface area contributed by atoms with E-state index in [1.165, 1.54) is 11.3 Å². The van der Waals surface area contributed by atoms with Gasteiger partial charge >= 0.3 is 0 Å². The number of anilines is 1. The average Bonchev–Trinajstić information content (AvgIpc) is 2.85. The van der Waals surface area contributed by atoms with E-state index < -0.39 is 0 Å². The maximum absolute atomic E-state index is 12.0. The van der Waals surface area contributed by atoms with Gasteiger partial charge in [0.25, 0.3) is 5.91 Å². The lowest BCUT2D eigenvalue weighted by Gasteiger charge is -2.06. The Bertz CT molecular complexity index is 585. The maximum Gasteiger partial charge on any atom is 0.269 e. The Kier molecular flexibility index (Phi) is 5.38. The van der Waals surface area contributed by atoms with Crippen LogP contribution in [0.3, 0.4) is 0 Å². The SMILES string of the molecule is CCNc1cccc(C(=O)NCCc2ccc(Cl)s2)n1. The number of carbonyl (C=O) groups excluding carboxylic acids is 1. The van der Waals surface area contributed by atoms with Crippen molar-refractivity contribution in [3.63, 3.8) is 0 Å². The first-order chi connectivity index (χ1) is 9.69. The lowest BCUT2D eigenvalue weighted by molar-refractivity contribution is 0.0949. The lowest BCUT2D eigenvalue weighted by atomic mass is 10.3. The first-order valence-corrected chi connectivity index (χ1v) is 7.62. The molecule has 0 spiro atoms. The summed E-state index contributed by atoms with van der Waals surface area (Å²) in [5.74, 6) is 0.553. The largest absolute Gasteiger partial charge is 0.370 e. The van der Waals surface area contributed by atoms with Crippen LogP contribution in [0.15, 0.2) is 30.3 Å². The monoisotopic (exact) mass is 309 g/mol. The van der Waals surface area contributed by atoms with Crippen LogP contribution in [-0.4, -0.2) is 24.0 Å². The van der Waals surface area contributed by atoms with E-state index in [0.29, 0.717) is 18.1 Å². The summed E-state index contributed by atoms with van der Waals surface area (Å²) < 4.78 is 0.770. The number of carbonyl (C=O) groups is 1. The quantitative estimate of drug-likeness (QED) is 0.861. The lowest BCUT2D eigenvalue weighted by Crippen LogP contribution is -2.26. The van der Waals surface area contributed by atoms with Crippen LogP contribution in [0, 0.1) is 0 Å². The van der Waals surface area contributed by atoms with Gasteiger partial charge in [-0.15, -0.1) is 11.3 Å². The minimum atomic E-state index is -0.160. The summed E-state index contributed by atoms with van der Waals surface area (Å²) in [6, 6.07) is 9.21. The molecule has 20 heavy (non-hydrogen) atoms. The van der Waals surface area contributed by atoms with Crippen molar-refractivity contribution >= 4 is 34.7 Å². The highest BCUT2D eigenvalue weighted by Gasteiger charge is 2.07. The zero-order valence-corrected chi connectivity index (χ0v) is 12.7. The molecule has 2 N–H and O–H groups in total. The number of nitrogens with zero attached hydrogens (tertiary/aromatic N) is 1. The van der Waals surface area contributed by atoms with Crippen LogP contribution in [0.25, 0.3) is 0 Å². The minimum Gasteiger partial charge on any atom is -0.370 e. The Balaban J connectivity index is 1.86. The fourth-order valence-corrected chi connectivity index (χ4v) is 2.80. The molecule has 0 aliphatic heterocycles. The van der Waals surface area contributed by atoms with Crippen LogP contribution in [0.1, 0.15) is 22.3 Å². The van der Waals surface area contributed by atoms with E-state index in [4.69, 9.17) is 11.6 Å². The number of pyridine rings is 1. The zero-order chi connectivity index (χ0) is 14.4. The van der Waals surface area contributed by atoms with Crippen LogP contribution in [-0.2, 0) is 6.42 Å². The van der Waals surface area contributed by atoms with E-state index >= 15 is 0 Å². The Hall–Kier alpha value is -1.59. The van der Waals surface area contributed by atoms with Crippen molar-refractivity contribution in [2.75, 3.05) is 18.4 Å². The Labute approximate surface area is 127 Å². The summed E-state index contributed by atoms with van der Waals surface area (Å²) in [4.78, 5) is 17.4. The van der Waals surface area contributed by atoms with E-state index in [1.54, 1.807) is 6.07 Å². The van der Waals surface area contributed by atoms with Crippen molar-refractivity contribution in [2.45, 2.75) is 13.3 Å². The summed E-state index contributed by atoms with van der Waals surface area (Å²) in [5.41, 5.74) is 0.424. The van der Waals surface area contributed by atoms with Crippen molar-refractivity contribution in [3.05, 3.63) is 45.2 Å². The van der Waals surface area contributed by atoms with E-state index in [-0.39, 0.29) is 5.91 Å². The van der Waals surface area contributed by atoms with Gasteiger partial charge in [-0.05, 0) is 37.6 Å². The van der Waals surface area contributed by atoms with Crippen LogP contribution in [0.2, 0.25) is 4.34 Å². The molecule has 0 aliphatic rings. The molecule has 6 heteroatoms. The molecule has 0 saturated heterocycles. The van der Waals surface area contributed by atoms with Crippen LogP contribution in [0.4, 0.5) is 5.82 Å². The molecular weight excluding hydrogens is 294 g/mol.